The van der Waals surface area contributed by atoms with Crippen LogP contribution in [-0.4, -0.2) is 22.9 Å². The lowest BCUT2D eigenvalue weighted by atomic mass is 9.76. The highest BCUT2D eigenvalue weighted by Gasteiger charge is 2.29. The predicted octanol–water partition coefficient (Wildman–Crippen LogP) is 2.95. The van der Waals surface area contributed by atoms with Gasteiger partial charge in [-0.1, -0.05) is 18.5 Å². The Balaban J connectivity index is 2.15. The molecule has 0 aromatic carbocycles. The summed E-state index contributed by atoms with van der Waals surface area (Å²) in [7, 11) is 3.99. The zero-order valence-corrected chi connectivity index (χ0v) is 12.6. The quantitative estimate of drug-likeness (QED) is 0.914. The van der Waals surface area contributed by atoms with E-state index in [0.717, 1.165) is 23.2 Å². The Hall–Kier alpha value is -0.540. The van der Waals surface area contributed by atoms with Crippen LogP contribution in [0.1, 0.15) is 37.4 Å². The van der Waals surface area contributed by atoms with Crippen molar-refractivity contribution < 1.29 is 0 Å². The summed E-state index contributed by atoms with van der Waals surface area (Å²) in [6.07, 6.45) is 4.95. The van der Waals surface area contributed by atoms with Gasteiger partial charge in [-0.05, 0) is 51.5 Å². The number of hydrogen-bond acceptors (Lipinski definition) is 2. The summed E-state index contributed by atoms with van der Waals surface area (Å²) in [5.74, 6) is 1.51. The highest BCUT2D eigenvalue weighted by molar-refractivity contribution is 6.30. The molecule has 1 saturated carbocycles. The van der Waals surface area contributed by atoms with Crippen LogP contribution in [0.2, 0.25) is 5.15 Å². The van der Waals surface area contributed by atoms with E-state index in [-0.39, 0.29) is 0 Å². The van der Waals surface area contributed by atoms with Crippen molar-refractivity contribution in [2.45, 2.75) is 45.6 Å². The van der Waals surface area contributed by atoms with Gasteiger partial charge < -0.3 is 5.32 Å². The molecule has 0 bridgehead atoms. The molecular formula is C14H24ClN3. The molecule has 1 aromatic heterocycles. The Morgan fingerprint density at radius 2 is 2.17 bits per heavy atom. The van der Waals surface area contributed by atoms with Gasteiger partial charge in [-0.2, -0.15) is 5.10 Å². The van der Waals surface area contributed by atoms with E-state index in [0.29, 0.717) is 12.0 Å². The predicted molar refractivity (Wildman–Crippen MR) is 76.0 cm³/mol. The van der Waals surface area contributed by atoms with Crippen molar-refractivity contribution in [2.24, 2.45) is 18.9 Å². The van der Waals surface area contributed by atoms with E-state index >= 15 is 0 Å². The van der Waals surface area contributed by atoms with Crippen molar-refractivity contribution in [3.8, 4) is 0 Å². The minimum atomic E-state index is 0.622. The molecule has 3 nitrogen and oxygen atoms in total. The number of aromatic nitrogens is 2. The summed E-state index contributed by atoms with van der Waals surface area (Å²) in [5, 5.41) is 8.69. The van der Waals surface area contributed by atoms with Crippen LogP contribution in [0, 0.1) is 18.8 Å². The number of hydrogen-bond donors (Lipinski definition) is 1. The fourth-order valence-electron chi connectivity index (χ4n) is 3.27. The molecule has 1 aliphatic carbocycles. The molecule has 0 amide bonds. The third-order valence-electron chi connectivity index (χ3n) is 4.35. The van der Waals surface area contributed by atoms with Gasteiger partial charge in [0.1, 0.15) is 5.15 Å². The van der Waals surface area contributed by atoms with Gasteiger partial charge in [-0.15, -0.1) is 0 Å². The van der Waals surface area contributed by atoms with E-state index in [1.54, 1.807) is 4.68 Å². The number of rotatable bonds is 3. The maximum atomic E-state index is 6.34. The van der Waals surface area contributed by atoms with Gasteiger partial charge in [0.25, 0.3) is 0 Å². The highest BCUT2D eigenvalue weighted by atomic mass is 35.5. The molecule has 3 unspecified atom stereocenters. The summed E-state index contributed by atoms with van der Waals surface area (Å²) in [6.45, 7) is 4.42. The fourth-order valence-corrected chi connectivity index (χ4v) is 3.52. The van der Waals surface area contributed by atoms with Gasteiger partial charge in [-0.3, -0.25) is 4.68 Å². The number of nitrogens with zero attached hydrogens (tertiary/aromatic N) is 2. The Kier molecular flexibility index (Phi) is 4.33. The van der Waals surface area contributed by atoms with Gasteiger partial charge in [-0.25, -0.2) is 0 Å². The highest BCUT2D eigenvalue weighted by Crippen LogP contribution is 2.33. The topological polar surface area (TPSA) is 29.9 Å². The molecule has 1 aliphatic rings. The van der Waals surface area contributed by atoms with Crippen LogP contribution in [0.15, 0.2) is 0 Å². The first-order valence-corrected chi connectivity index (χ1v) is 7.26. The fraction of sp³-hybridized carbons (Fsp3) is 0.786. The largest absolute Gasteiger partial charge is 0.317 e. The molecule has 0 saturated heterocycles. The molecule has 3 atom stereocenters. The minimum absolute atomic E-state index is 0.622. The van der Waals surface area contributed by atoms with Crippen molar-refractivity contribution in [1.29, 1.82) is 0 Å². The first kappa shape index (κ1) is 13.9. The first-order valence-electron chi connectivity index (χ1n) is 6.88. The van der Waals surface area contributed by atoms with Crippen LogP contribution < -0.4 is 5.32 Å². The molecule has 0 aliphatic heterocycles. The molecule has 102 valence electrons. The zero-order valence-electron chi connectivity index (χ0n) is 11.8. The monoisotopic (exact) mass is 269 g/mol. The second-order valence-corrected chi connectivity index (χ2v) is 6.11. The third-order valence-corrected chi connectivity index (χ3v) is 4.82. The van der Waals surface area contributed by atoms with Gasteiger partial charge in [0, 0.05) is 18.7 Å². The Morgan fingerprint density at radius 1 is 1.44 bits per heavy atom. The van der Waals surface area contributed by atoms with Crippen LogP contribution >= 0.6 is 11.6 Å². The molecule has 0 spiro atoms. The van der Waals surface area contributed by atoms with Gasteiger partial charge in [0.15, 0.2) is 0 Å². The molecule has 1 N–H and O–H groups in total. The molecule has 18 heavy (non-hydrogen) atoms. The average Bonchev–Trinajstić information content (AvgIpc) is 2.56. The van der Waals surface area contributed by atoms with Crippen molar-refractivity contribution in [1.82, 2.24) is 15.1 Å². The van der Waals surface area contributed by atoms with Crippen molar-refractivity contribution in [2.75, 3.05) is 7.05 Å². The first-order chi connectivity index (χ1) is 8.52. The number of nitrogens with one attached hydrogen (secondary N) is 1. The van der Waals surface area contributed by atoms with Crippen LogP contribution in [0.5, 0.6) is 0 Å². The second-order valence-electron chi connectivity index (χ2n) is 5.76. The van der Waals surface area contributed by atoms with E-state index < -0.39 is 0 Å². The summed E-state index contributed by atoms with van der Waals surface area (Å²) in [4.78, 5) is 0. The van der Waals surface area contributed by atoms with Crippen molar-refractivity contribution in [3.05, 3.63) is 16.4 Å². The molecule has 1 heterocycles. The minimum Gasteiger partial charge on any atom is -0.317 e. The molecule has 4 heteroatoms. The lowest BCUT2D eigenvalue weighted by Crippen LogP contribution is -2.39. The lowest BCUT2D eigenvalue weighted by Gasteiger charge is -2.34. The van der Waals surface area contributed by atoms with E-state index in [1.165, 1.54) is 24.8 Å². The van der Waals surface area contributed by atoms with Crippen molar-refractivity contribution >= 4 is 11.6 Å². The Labute approximate surface area is 115 Å². The average molecular weight is 270 g/mol. The molecule has 1 fully saturated rings. The summed E-state index contributed by atoms with van der Waals surface area (Å²) < 4.78 is 1.78. The smallest absolute Gasteiger partial charge is 0.130 e. The molecule has 0 radical (unpaired) electrons. The Bertz CT molecular complexity index is 413. The van der Waals surface area contributed by atoms with Gasteiger partial charge >= 0.3 is 0 Å². The summed E-state index contributed by atoms with van der Waals surface area (Å²) >= 11 is 6.34. The van der Waals surface area contributed by atoms with E-state index in [9.17, 15) is 0 Å². The van der Waals surface area contributed by atoms with Crippen LogP contribution in [0.3, 0.4) is 0 Å². The van der Waals surface area contributed by atoms with E-state index in [2.05, 4.69) is 31.3 Å². The van der Waals surface area contributed by atoms with E-state index in [4.69, 9.17) is 11.6 Å². The summed E-state index contributed by atoms with van der Waals surface area (Å²) in [6, 6.07) is 0.622. The van der Waals surface area contributed by atoms with E-state index in [1.807, 2.05) is 7.05 Å². The standard InChI is InChI=1S/C14H24ClN3/c1-9-5-6-13(16-3)11(7-9)8-12-10(2)17-18(4)14(12)15/h9,11,13,16H,5-8H2,1-4H3. The van der Waals surface area contributed by atoms with Gasteiger partial charge in [0.05, 0.1) is 5.69 Å². The molecule has 2 rings (SSSR count). The summed E-state index contributed by atoms with van der Waals surface area (Å²) in [5.41, 5.74) is 2.31. The van der Waals surface area contributed by atoms with Crippen LogP contribution in [0.4, 0.5) is 0 Å². The van der Waals surface area contributed by atoms with Crippen molar-refractivity contribution in [3.63, 3.8) is 0 Å². The normalized spacial score (nSPS) is 28.6. The van der Waals surface area contributed by atoms with Gasteiger partial charge in [0.2, 0.25) is 0 Å². The molecule has 1 aromatic rings. The molecular weight excluding hydrogens is 246 g/mol. The van der Waals surface area contributed by atoms with Crippen LogP contribution in [0.25, 0.3) is 0 Å². The lowest BCUT2D eigenvalue weighted by molar-refractivity contribution is 0.220. The SMILES string of the molecule is CNC1CCC(C)CC1Cc1c(C)nn(C)c1Cl. The third kappa shape index (κ3) is 2.72. The maximum absolute atomic E-state index is 6.34. The second kappa shape index (κ2) is 5.62. The number of aryl methyl sites for hydroxylation is 2. The number of halogens is 1. The van der Waals surface area contributed by atoms with Crippen LogP contribution in [-0.2, 0) is 13.5 Å². The maximum Gasteiger partial charge on any atom is 0.130 e. The zero-order chi connectivity index (χ0) is 13.3. The Morgan fingerprint density at radius 3 is 2.72 bits per heavy atom.